The highest BCUT2D eigenvalue weighted by molar-refractivity contribution is 7.98. The summed E-state index contributed by atoms with van der Waals surface area (Å²) in [5.41, 5.74) is 0. The van der Waals surface area contributed by atoms with Gasteiger partial charge in [0.15, 0.2) is 5.78 Å². The van der Waals surface area contributed by atoms with Gasteiger partial charge in [0.1, 0.15) is 0 Å². The van der Waals surface area contributed by atoms with E-state index in [4.69, 9.17) is 5.11 Å². The van der Waals surface area contributed by atoms with Crippen LogP contribution in [0.1, 0.15) is 13.3 Å². The number of carboxylic acid groups (broad SMARTS) is 1. The van der Waals surface area contributed by atoms with Crippen LogP contribution in [0.2, 0.25) is 0 Å². The van der Waals surface area contributed by atoms with Crippen molar-refractivity contribution in [1.82, 2.24) is 5.32 Å². The van der Waals surface area contributed by atoms with Crippen LogP contribution in [0.25, 0.3) is 0 Å². The molecule has 2 N–H and O–H groups in total. The van der Waals surface area contributed by atoms with Gasteiger partial charge in [-0.2, -0.15) is 11.8 Å². The first-order valence-corrected chi connectivity index (χ1v) is 4.96. The maximum absolute atomic E-state index is 10.9. The van der Waals surface area contributed by atoms with Crippen molar-refractivity contribution in [2.75, 3.05) is 12.0 Å². The number of rotatable bonds is 5. The number of Topliss-reactive ketones (excluding diaryl/α,β-unsaturated/α-hetero) is 1. The Balaban J connectivity index is 3.87. The summed E-state index contributed by atoms with van der Waals surface area (Å²) >= 11 is 1.59. The van der Waals surface area contributed by atoms with Gasteiger partial charge in [-0.3, -0.25) is 4.79 Å². The number of nitrogens with one attached hydrogen (secondary N) is 1. The van der Waals surface area contributed by atoms with E-state index >= 15 is 0 Å². The summed E-state index contributed by atoms with van der Waals surface area (Å²) < 4.78 is 0. The predicted molar refractivity (Wildman–Crippen MR) is 48.6 cm³/mol. The lowest BCUT2D eigenvalue weighted by Gasteiger charge is -2.11. The van der Waals surface area contributed by atoms with Gasteiger partial charge in [0.25, 0.3) is 0 Å². The first-order chi connectivity index (χ1) is 5.57. The van der Waals surface area contributed by atoms with Crippen LogP contribution in [0.3, 0.4) is 0 Å². The Kier molecular flexibility index (Phi) is 5.53. The molecule has 0 spiro atoms. The molecular weight excluding hydrogens is 178 g/mol. The molecule has 0 saturated heterocycles. The fraction of sp³-hybridized carbons (Fsp3) is 0.714. The Morgan fingerprint density at radius 1 is 1.58 bits per heavy atom. The molecule has 70 valence electrons. The van der Waals surface area contributed by atoms with Crippen molar-refractivity contribution in [2.24, 2.45) is 0 Å². The van der Waals surface area contributed by atoms with Crippen LogP contribution in [-0.2, 0) is 4.79 Å². The predicted octanol–water partition coefficient (Wildman–Crippen LogP) is 0.965. The summed E-state index contributed by atoms with van der Waals surface area (Å²) in [6.07, 6.45) is 1.33. The van der Waals surface area contributed by atoms with Gasteiger partial charge in [-0.15, -0.1) is 0 Å². The minimum Gasteiger partial charge on any atom is -0.465 e. The molecule has 0 bridgehead atoms. The van der Waals surface area contributed by atoms with E-state index < -0.39 is 12.1 Å². The summed E-state index contributed by atoms with van der Waals surface area (Å²) in [5, 5.41) is 10.5. The van der Waals surface area contributed by atoms with Gasteiger partial charge in [0.2, 0.25) is 0 Å². The van der Waals surface area contributed by atoms with Gasteiger partial charge in [0.05, 0.1) is 6.04 Å². The van der Waals surface area contributed by atoms with Crippen molar-refractivity contribution in [3.63, 3.8) is 0 Å². The van der Waals surface area contributed by atoms with Crippen LogP contribution in [0.5, 0.6) is 0 Å². The van der Waals surface area contributed by atoms with E-state index in [1.165, 1.54) is 6.92 Å². The zero-order valence-electron chi connectivity index (χ0n) is 7.16. The van der Waals surface area contributed by atoms with Crippen LogP contribution in [0.4, 0.5) is 4.79 Å². The van der Waals surface area contributed by atoms with Crippen LogP contribution in [0.15, 0.2) is 0 Å². The zero-order chi connectivity index (χ0) is 9.56. The largest absolute Gasteiger partial charge is 0.465 e. The second kappa shape index (κ2) is 5.88. The van der Waals surface area contributed by atoms with E-state index in [1.807, 2.05) is 6.26 Å². The molecule has 0 fully saturated rings. The molecule has 5 heteroatoms. The molecule has 12 heavy (non-hydrogen) atoms. The molecule has 4 nitrogen and oxygen atoms in total. The highest BCUT2D eigenvalue weighted by atomic mass is 32.2. The first kappa shape index (κ1) is 11.3. The number of hydrogen-bond donors (Lipinski definition) is 2. The topological polar surface area (TPSA) is 66.4 Å². The van der Waals surface area contributed by atoms with Gasteiger partial charge in [-0.05, 0) is 25.4 Å². The fourth-order valence-electron chi connectivity index (χ4n) is 0.762. The Morgan fingerprint density at radius 3 is 2.50 bits per heavy atom. The van der Waals surface area contributed by atoms with Crippen LogP contribution >= 0.6 is 11.8 Å². The third kappa shape index (κ3) is 5.01. The summed E-state index contributed by atoms with van der Waals surface area (Å²) in [7, 11) is 0. The molecule has 0 saturated carbocycles. The van der Waals surface area contributed by atoms with E-state index in [0.717, 1.165) is 5.75 Å². The van der Waals surface area contributed by atoms with Crippen molar-refractivity contribution in [3.05, 3.63) is 0 Å². The lowest BCUT2D eigenvalue weighted by Crippen LogP contribution is -2.39. The average molecular weight is 191 g/mol. The Hall–Kier alpha value is -0.710. The fourth-order valence-corrected chi connectivity index (χ4v) is 1.23. The molecule has 0 aliphatic rings. The van der Waals surface area contributed by atoms with E-state index in [2.05, 4.69) is 5.32 Å². The molecule has 0 unspecified atom stereocenters. The lowest BCUT2D eigenvalue weighted by molar-refractivity contribution is -0.118. The van der Waals surface area contributed by atoms with E-state index in [-0.39, 0.29) is 5.78 Å². The molecule has 0 aliphatic carbocycles. The zero-order valence-corrected chi connectivity index (χ0v) is 7.98. The van der Waals surface area contributed by atoms with Crippen LogP contribution < -0.4 is 5.32 Å². The van der Waals surface area contributed by atoms with Gasteiger partial charge < -0.3 is 10.4 Å². The number of carbonyl (C=O) groups excluding carboxylic acids is 1. The highest BCUT2D eigenvalue weighted by Crippen LogP contribution is 2.01. The average Bonchev–Trinajstić information content (AvgIpc) is 1.96. The van der Waals surface area contributed by atoms with Crippen molar-refractivity contribution in [2.45, 2.75) is 19.4 Å². The molecular formula is C7H13NO3S. The molecule has 1 amide bonds. The monoisotopic (exact) mass is 191 g/mol. The molecule has 0 aromatic carbocycles. The maximum Gasteiger partial charge on any atom is 0.405 e. The summed E-state index contributed by atoms with van der Waals surface area (Å²) in [6, 6.07) is -0.546. The van der Waals surface area contributed by atoms with Gasteiger partial charge in [-0.25, -0.2) is 4.79 Å². The minimum atomic E-state index is -1.14. The quantitative estimate of drug-likeness (QED) is 0.679. The lowest BCUT2D eigenvalue weighted by atomic mass is 10.1. The molecule has 0 aliphatic heterocycles. The Labute approximate surface area is 75.7 Å². The molecule has 0 heterocycles. The Bertz CT molecular complexity index is 172. The van der Waals surface area contributed by atoms with Gasteiger partial charge in [0, 0.05) is 0 Å². The summed E-state index contributed by atoms with van der Waals surface area (Å²) in [6.45, 7) is 1.39. The minimum absolute atomic E-state index is 0.133. The van der Waals surface area contributed by atoms with Gasteiger partial charge >= 0.3 is 6.09 Å². The standard InChI is InChI=1S/C7H13NO3S/c1-5(9)6(3-4-12-2)8-7(10)11/h6,8H,3-4H2,1-2H3,(H,10,11)/t6-/m0/s1. The number of carbonyl (C=O) groups is 2. The summed E-state index contributed by atoms with van der Waals surface area (Å²) in [4.78, 5) is 21.1. The Morgan fingerprint density at radius 2 is 2.17 bits per heavy atom. The van der Waals surface area contributed by atoms with E-state index in [9.17, 15) is 9.59 Å². The molecule has 0 aromatic heterocycles. The smallest absolute Gasteiger partial charge is 0.405 e. The second-order valence-electron chi connectivity index (χ2n) is 2.39. The third-order valence-electron chi connectivity index (χ3n) is 1.40. The second-order valence-corrected chi connectivity index (χ2v) is 3.38. The van der Waals surface area contributed by atoms with Crippen molar-refractivity contribution in [3.8, 4) is 0 Å². The van der Waals surface area contributed by atoms with Crippen molar-refractivity contribution in [1.29, 1.82) is 0 Å². The van der Waals surface area contributed by atoms with Crippen molar-refractivity contribution >= 4 is 23.6 Å². The number of amides is 1. The molecule has 1 atom stereocenters. The van der Waals surface area contributed by atoms with Gasteiger partial charge in [-0.1, -0.05) is 0 Å². The number of thioether (sulfide) groups is 1. The third-order valence-corrected chi connectivity index (χ3v) is 2.04. The number of ketones is 1. The normalized spacial score (nSPS) is 12.2. The molecule has 0 aromatic rings. The van der Waals surface area contributed by atoms with Crippen LogP contribution in [-0.4, -0.2) is 35.0 Å². The summed E-state index contributed by atoms with van der Waals surface area (Å²) in [5.74, 6) is 0.649. The van der Waals surface area contributed by atoms with E-state index in [0.29, 0.717) is 6.42 Å². The SMILES string of the molecule is CSCC[C@H](NC(=O)O)C(C)=O. The molecule has 0 radical (unpaired) electrons. The first-order valence-electron chi connectivity index (χ1n) is 3.56. The highest BCUT2D eigenvalue weighted by Gasteiger charge is 2.15. The molecule has 0 rings (SSSR count). The number of hydrogen-bond acceptors (Lipinski definition) is 3. The van der Waals surface area contributed by atoms with E-state index in [1.54, 1.807) is 11.8 Å². The van der Waals surface area contributed by atoms with Crippen molar-refractivity contribution < 1.29 is 14.7 Å². The van der Waals surface area contributed by atoms with Crippen LogP contribution in [0, 0.1) is 0 Å². The maximum atomic E-state index is 10.9.